The molecule has 0 spiro atoms. The topological polar surface area (TPSA) is 0 Å². The van der Waals surface area contributed by atoms with Gasteiger partial charge in [0, 0.05) is 0 Å². The van der Waals surface area contributed by atoms with Crippen molar-refractivity contribution in [3.8, 4) is 0 Å². The van der Waals surface area contributed by atoms with Crippen molar-refractivity contribution in [1.82, 2.24) is 0 Å². The van der Waals surface area contributed by atoms with E-state index in [2.05, 4.69) is 20.8 Å². The van der Waals surface area contributed by atoms with E-state index < -0.39 is 0 Å². The summed E-state index contributed by atoms with van der Waals surface area (Å²) in [7, 11) is 0. The zero-order valence-electron chi connectivity index (χ0n) is 11.6. The second-order valence-corrected chi connectivity index (χ2v) is 7.27. The maximum Gasteiger partial charge on any atom is -0.0328 e. The Balaban J connectivity index is 1.79. The van der Waals surface area contributed by atoms with Crippen LogP contribution in [0, 0.1) is 23.2 Å². The monoisotopic (exact) mass is 222 g/mol. The van der Waals surface area contributed by atoms with E-state index >= 15 is 0 Å². The minimum Gasteiger partial charge on any atom is -0.0620 e. The van der Waals surface area contributed by atoms with Crippen LogP contribution in [0.1, 0.15) is 78.6 Å². The summed E-state index contributed by atoms with van der Waals surface area (Å²) in [4.78, 5) is 0. The third kappa shape index (κ3) is 3.02. The van der Waals surface area contributed by atoms with Gasteiger partial charge in [0.1, 0.15) is 0 Å². The molecule has 0 amide bonds. The molecule has 2 rings (SSSR count). The molecule has 2 aliphatic rings. The molecule has 0 bridgehead atoms. The summed E-state index contributed by atoms with van der Waals surface area (Å²) in [5.41, 5.74) is 0.614. The Hall–Kier alpha value is 0. The van der Waals surface area contributed by atoms with Crippen LogP contribution in [0.4, 0.5) is 0 Å². The van der Waals surface area contributed by atoms with Gasteiger partial charge in [-0.05, 0) is 48.9 Å². The molecule has 0 N–H and O–H groups in total. The van der Waals surface area contributed by atoms with Crippen LogP contribution in [0.15, 0.2) is 0 Å². The average molecular weight is 222 g/mol. The van der Waals surface area contributed by atoms with E-state index in [1.54, 1.807) is 6.42 Å². The molecular weight excluding hydrogens is 192 g/mol. The van der Waals surface area contributed by atoms with E-state index in [4.69, 9.17) is 0 Å². The zero-order valence-corrected chi connectivity index (χ0v) is 11.6. The third-order valence-electron chi connectivity index (χ3n) is 5.61. The van der Waals surface area contributed by atoms with Crippen LogP contribution in [-0.4, -0.2) is 0 Å². The van der Waals surface area contributed by atoms with Crippen LogP contribution in [-0.2, 0) is 0 Å². The molecular formula is C16H30. The van der Waals surface area contributed by atoms with Crippen molar-refractivity contribution in [3.05, 3.63) is 0 Å². The molecule has 16 heavy (non-hydrogen) atoms. The summed E-state index contributed by atoms with van der Waals surface area (Å²) in [6.07, 6.45) is 13.6. The molecule has 2 unspecified atom stereocenters. The standard InChI is InChI=1S/C16H30/c1-13-11-15(9-10-16(13,2)3)12-14-7-5-4-6-8-14/h13-15H,4-12H2,1-3H3. The summed E-state index contributed by atoms with van der Waals surface area (Å²) in [6, 6.07) is 0. The lowest BCUT2D eigenvalue weighted by molar-refractivity contribution is 0.0952. The van der Waals surface area contributed by atoms with Gasteiger partial charge in [-0.2, -0.15) is 0 Å². The van der Waals surface area contributed by atoms with Crippen molar-refractivity contribution < 1.29 is 0 Å². The number of rotatable bonds is 2. The highest BCUT2D eigenvalue weighted by molar-refractivity contribution is 4.85. The van der Waals surface area contributed by atoms with Gasteiger partial charge >= 0.3 is 0 Å². The zero-order chi connectivity index (χ0) is 11.6. The van der Waals surface area contributed by atoms with E-state index in [1.165, 1.54) is 51.4 Å². The highest BCUT2D eigenvalue weighted by Gasteiger charge is 2.34. The molecule has 0 aromatic rings. The normalized spacial score (nSPS) is 36.2. The molecule has 0 aromatic carbocycles. The predicted octanol–water partition coefficient (Wildman–Crippen LogP) is 5.42. The van der Waals surface area contributed by atoms with Crippen LogP contribution in [0.3, 0.4) is 0 Å². The summed E-state index contributed by atoms with van der Waals surface area (Å²) in [5, 5.41) is 0. The predicted molar refractivity (Wildman–Crippen MR) is 71.5 cm³/mol. The SMILES string of the molecule is CC1CC(CC2CCCCC2)CCC1(C)C. The lowest BCUT2D eigenvalue weighted by atomic mass is 9.64. The van der Waals surface area contributed by atoms with Crippen LogP contribution < -0.4 is 0 Å². The third-order valence-corrected chi connectivity index (χ3v) is 5.61. The van der Waals surface area contributed by atoms with Crippen LogP contribution in [0.5, 0.6) is 0 Å². The van der Waals surface area contributed by atoms with Gasteiger partial charge in [-0.3, -0.25) is 0 Å². The minimum absolute atomic E-state index is 0.614. The molecule has 0 radical (unpaired) electrons. The molecule has 2 fully saturated rings. The van der Waals surface area contributed by atoms with E-state index in [0.29, 0.717) is 5.41 Å². The molecule has 0 aromatic heterocycles. The van der Waals surface area contributed by atoms with Gasteiger partial charge in [0.25, 0.3) is 0 Å². The number of hydrogen-bond donors (Lipinski definition) is 0. The summed E-state index contributed by atoms with van der Waals surface area (Å²) < 4.78 is 0. The van der Waals surface area contributed by atoms with Crippen molar-refractivity contribution in [2.45, 2.75) is 78.6 Å². The summed E-state index contributed by atoms with van der Waals surface area (Å²) in [6.45, 7) is 7.41. The summed E-state index contributed by atoms with van der Waals surface area (Å²) in [5.74, 6) is 3.09. The van der Waals surface area contributed by atoms with Crippen LogP contribution >= 0.6 is 0 Å². The Kier molecular flexibility index (Phi) is 3.97. The fraction of sp³-hybridized carbons (Fsp3) is 1.00. The minimum atomic E-state index is 0.614. The second kappa shape index (κ2) is 5.10. The molecule has 0 saturated heterocycles. The maximum atomic E-state index is 2.48. The Morgan fingerprint density at radius 3 is 2.25 bits per heavy atom. The van der Waals surface area contributed by atoms with Gasteiger partial charge in [-0.25, -0.2) is 0 Å². The lowest BCUT2D eigenvalue weighted by Crippen LogP contribution is -2.30. The van der Waals surface area contributed by atoms with Gasteiger partial charge in [0.2, 0.25) is 0 Å². The highest BCUT2D eigenvalue weighted by atomic mass is 14.4. The molecule has 2 atom stereocenters. The van der Waals surface area contributed by atoms with Crippen molar-refractivity contribution in [2.75, 3.05) is 0 Å². The van der Waals surface area contributed by atoms with Crippen molar-refractivity contribution in [2.24, 2.45) is 23.2 Å². The van der Waals surface area contributed by atoms with E-state index in [1.807, 2.05) is 0 Å². The Bertz CT molecular complexity index is 210. The molecule has 0 nitrogen and oxygen atoms in total. The van der Waals surface area contributed by atoms with Gasteiger partial charge in [-0.15, -0.1) is 0 Å². The first-order valence-corrected chi connectivity index (χ1v) is 7.58. The summed E-state index contributed by atoms with van der Waals surface area (Å²) >= 11 is 0. The molecule has 0 aliphatic heterocycles. The first-order valence-electron chi connectivity index (χ1n) is 7.58. The highest BCUT2D eigenvalue weighted by Crippen LogP contribution is 2.45. The van der Waals surface area contributed by atoms with Gasteiger partial charge < -0.3 is 0 Å². The molecule has 94 valence electrons. The lowest BCUT2D eigenvalue weighted by Gasteiger charge is -2.41. The first kappa shape index (κ1) is 12.5. The average Bonchev–Trinajstić information content (AvgIpc) is 2.26. The van der Waals surface area contributed by atoms with Gasteiger partial charge in [-0.1, -0.05) is 52.9 Å². The first-order chi connectivity index (χ1) is 7.58. The molecule has 2 aliphatic carbocycles. The Morgan fingerprint density at radius 1 is 0.938 bits per heavy atom. The second-order valence-electron chi connectivity index (χ2n) is 7.27. The van der Waals surface area contributed by atoms with Crippen molar-refractivity contribution >= 4 is 0 Å². The largest absolute Gasteiger partial charge is 0.0620 e. The van der Waals surface area contributed by atoms with E-state index in [0.717, 1.165) is 17.8 Å². The number of hydrogen-bond acceptors (Lipinski definition) is 0. The van der Waals surface area contributed by atoms with Gasteiger partial charge in [0.15, 0.2) is 0 Å². The Morgan fingerprint density at radius 2 is 1.62 bits per heavy atom. The van der Waals surface area contributed by atoms with E-state index in [-0.39, 0.29) is 0 Å². The fourth-order valence-corrected chi connectivity index (χ4v) is 3.87. The van der Waals surface area contributed by atoms with Gasteiger partial charge in [0.05, 0.1) is 0 Å². The maximum absolute atomic E-state index is 2.48. The molecule has 2 saturated carbocycles. The quantitative estimate of drug-likeness (QED) is 0.585. The molecule has 0 heteroatoms. The van der Waals surface area contributed by atoms with Crippen LogP contribution in [0.2, 0.25) is 0 Å². The van der Waals surface area contributed by atoms with Crippen molar-refractivity contribution in [3.63, 3.8) is 0 Å². The van der Waals surface area contributed by atoms with E-state index in [9.17, 15) is 0 Å². The fourth-order valence-electron chi connectivity index (χ4n) is 3.87. The van der Waals surface area contributed by atoms with Crippen LogP contribution in [0.25, 0.3) is 0 Å². The Labute approximate surface area is 102 Å². The molecule has 0 heterocycles. The smallest absolute Gasteiger partial charge is 0.0328 e. The van der Waals surface area contributed by atoms with Crippen molar-refractivity contribution in [1.29, 1.82) is 0 Å².